The SMILES string of the molecule is Cc1cccc(C)c1-n1c(-c2ccc(CF)cc2)[n+](C)c2ccccc21. The number of alkyl halides is 1. The van der Waals surface area contributed by atoms with E-state index in [1.165, 1.54) is 22.3 Å². The van der Waals surface area contributed by atoms with Crippen molar-refractivity contribution in [2.45, 2.75) is 20.5 Å². The van der Waals surface area contributed by atoms with Crippen molar-refractivity contribution >= 4 is 11.0 Å². The Kier molecular flexibility index (Phi) is 4.08. The highest BCUT2D eigenvalue weighted by Gasteiger charge is 2.27. The Hall–Kier alpha value is -2.94. The normalized spacial score (nSPS) is 11.2. The predicted octanol–water partition coefficient (Wildman–Crippen LogP) is 5.21. The quantitative estimate of drug-likeness (QED) is 0.451. The molecule has 4 aromatic rings. The molecule has 0 amide bonds. The third-order valence-corrected chi connectivity index (χ3v) is 5.04. The van der Waals surface area contributed by atoms with E-state index in [1.54, 1.807) is 0 Å². The summed E-state index contributed by atoms with van der Waals surface area (Å²) in [5, 5.41) is 0. The molecule has 0 aliphatic carbocycles. The Balaban J connectivity index is 2.11. The molecular weight excluding hydrogens is 323 g/mol. The van der Waals surface area contributed by atoms with Crippen molar-refractivity contribution < 1.29 is 8.96 Å². The Bertz CT molecular complexity index is 1070. The van der Waals surface area contributed by atoms with Crippen molar-refractivity contribution in [2.75, 3.05) is 0 Å². The number of imidazole rings is 1. The molecule has 3 aromatic carbocycles. The fourth-order valence-corrected chi connectivity index (χ4v) is 3.77. The van der Waals surface area contributed by atoms with Gasteiger partial charge in [0.2, 0.25) is 0 Å². The zero-order valence-corrected chi connectivity index (χ0v) is 15.3. The van der Waals surface area contributed by atoms with Crippen LogP contribution >= 0.6 is 0 Å². The van der Waals surface area contributed by atoms with Crippen LogP contribution in [0.4, 0.5) is 4.39 Å². The van der Waals surface area contributed by atoms with Gasteiger partial charge < -0.3 is 0 Å². The topological polar surface area (TPSA) is 8.81 Å². The lowest BCUT2D eigenvalue weighted by Gasteiger charge is -2.09. The number of hydrogen-bond acceptors (Lipinski definition) is 0. The van der Waals surface area contributed by atoms with Crippen LogP contribution in [0.1, 0.15) is 16.7 Å². The van der Waals surface area contributed by atoms with Crippen LogP contribution in [0.25, 0.3) is 28.1 Å². The minimum atomic E-state index is -0.438. The first-order chi connectivity index (χ1) is 12.6. The number of rotatable bonds is 3. The molecule has 1 aromatic heterocycles. The van der Waals surface area contributed by atoms with E-state index in [0.29, 0.717) is 5.56 Å². The first-order valence-corrected chi connectivity index (χ1v) is 8.83. The number of halogens is 1. The molecule has 0 radical (unpaired) electrons. The lowest BCUT2D eigenvalue weighted by molar-refractivity contribution is -0.633. The summed E-state index contributed by atoms with van der Waals surface area (Å²) in [5.74, 6) is 1.09. The van der Waals surface area contributed by atoms with Gasteiger partial charge in [0.15, 0.2) is 11.0 Å². The summed E-state index contributed by atoms with van der Waals surface area (Å²) in [5.41, 5.74) is 7.77. The average Bonchev–Trinajstić information content (AvgIpc) is 2.95. The van der Waals surface area contributed by atoms with E-state index in [1.807, 2.05) is 24.3 Å². The van der Waals surface area contributed by atoms with Crippen LogP contribution in [-0.4, -0.2) is 4.57 Å². The van der Waals surface area contributed by atoms with Gasteiger partial charge in [-0.15, -0.1) is 0 Å². The molecule has 1 heterocycles. The summed E-state index contributed by atoms with van der Waals surface area (Å²) in [6, 6.07) is 22.6. The number of aromatic nitrogens is 2. The second kappa shape index (κ2) is 6.41. The molecule has 0 aliphatic heterocycles. The fraction of sp³-hybridized carbons (Fsp3) is 0.174. The van der Waals surface area contributed by atoms with Gasteiger partial charge in [-0.2, -0.15) is 4.57 Å². The molecule has 130 valence electrons. The summed E-state index contributed by atoms with van der Waals surface area (Å²) in [6.07, 6.45) is 0. The summed E-state index contributed by atoms with van der Waals surface area (Å²) >= 11 is 0. The average molecular weight is 345 g/mol. The molecule has 2 nitrogen and oxygen atoms in total. The summed E-state index contributed by atoms with van der Waals surface area (Å²) < 4.78 is 17.5. The van der Waals surface area contributed by atoms with Crippen LogP contribution in [0.3, 0.4) is 0 Å². The van der Waals surface area contributed by atoms with Gasteiger partial charge in [0.1, 0.15) is 12.4 Å². The third kappa shape index (κ3) is 2.51. The number of fused-ring (bicyclic) bond motifs is 1. The molecular formula is C23H22FN2+. The molecule has 0 spiro atoms. The second-order valence-electron chi connectivity index (χ2n) is 6.78. The van der Waals surface area contributed by atoms with Crippen molar-refractivity contribution in [1.29, 1.82) is 0 Å². The second-order valence-corrected chi connectivity index (χ2v) is 6.78. The van der Waals surface area contributed by atoms with E-state index in [4.69, 9.17) is 0 Å². The predicted molar refractivity (Wildman–Crippen MR) is 104 cm³/mol. The molecule has 26 heavy (non-hydrogen) atoms. The molecule has 0 atom stereocenters. The van der Waals surface area contributed by atoms with Crippen LogP contribution in [0.5, 0.6) is 0 Å². The zero-order valence-electron chi connectivity index (χ0n) is 15.3. The summed E-state index contributed by atoms with van der Waals surface area (Å²) in [6.45, 7) is 3.85. The molecule has 3 heteroatoms. The number of aryl methyl sites for hydroxylation is 3. The van der Waals surface area contributed by atoms with Crippen LogP contribution in [-0.2, 0) is 13.7 Å². The first-order valence-electron chi connectivity index (χ1n) is 8.83. The minimum absolute atomic E-state index is 0.438. The lowest BCUT2D eigenvalue weighted by atomic mass is 10.1. The van der Waals surface area contributed by atoms with Gasteiger partial charge in [0.05, 0.1) is 12.6 Å². The lowest BCUT2D eigenvalue weighted by Crippen LogP contribution is -2.30. The van der Waals surface area contributed by atoms with E-state index < -0.39 is 6.67 Å². The number of nitrogens with zero attached hydrogens (tertiary/aromatic N) is 2. The van der Waals surface area contributed by atoms with Gasteiger partial charge in [0.25, 0.3) is 5.82 Å². The number of benzene rings is 3. The van der Waals surface area contributed by atoms with Gasteiger partial charge in [-0.1, -0.05) is 42.5 Å². The minimum Gasteiger partial charge on any atom is -0.246 e. The highest BCUT2D eigenvalue weighted by Crippen LogP contribution is 2.30. The molecule has 0 N–H and O–H groups in total. The van der Waals surface area contributed by atoms with E-state index in [9.17, 15) is 4.39 Å². The highest BCUT2D eigenvalue weighted by molar-refractivity contribution is 5.80. The standard InChI is InChI=1S/C23H22FN2/c1-16-7-6-8-17(2)22(16)26-21-10-5-4-9-20(21)25(3)23(26)19-13-11-18(15-24)12-14-19/h4-14H,15H2,1-3H3/q+1. The maximum atomic E-state index is 12.9. The molecule has 0 bridgehead atoms. The van der Waals surface area contributed by atoms with Crippen molar-refractivity contribution in [3.8, 4) is 17.1 Å². The van der Waals surface area contributed by atoms with Crippen LogP contribution in [0.2, 0.25) is 0 Å². The molecule has 0 aliphatic rings. The van der Waals surface area contributed by atoms with Crippen molar-refractivity contribution in [2.24, 2.45) is 7.05 Å². The van der Waals surface area contributed by atoms with Crippen molar-refractivity contribution in [3.63, 3.8) is 0 Å². The third-order valence-electron chi connectivity index (χ3n) is 5.04. The van der Waals surface area contributed by atoms with Gasteiger partial charge in [-0.25, -0.2) is 8.96 Å². The van der Waals surface area contributed by atoms with Gasteiger partial charge >= 0.3 is 0 Å². The Labute approximate surface area is 153 Å². The largest absolute Gasteiger partial charge is 0.294 e. The Morgan fingerprint density at radius 1 is 0.846 bits per heavy atom. The summed E-state index contributed by atoms with van der Waals surface area (Å²) in [7, 11) is 2.09. The fourth-order valence-electron chi connectivity index (χ4n) is 3.77. The first kappa shape index (κ1) is 16.5. The highest BCUT2D eigenvalue weighted by atomic mass is 19.1. The molecule has 0 saturated carbocycles. The maximum Gasteiger partial charge on any atom is 0.294 e. The number of hydrogen-bond donors (Lipinski definition) is 0. The Morgan fingerprint density at radius 2 is 1.50 bits per heavy atom. The molecule has 0 unspecified atom stereocenters. The van der Waals surface area contributed by atoms with Gasteiger partial charge in [-0.3, -0.25) is 0 Å². The smallest absolute Gasteiger partial charge is 0.246 e. The van der Waals surface area contributed by atoms with E-state index in [2.05, 4.69) is 72.5 Å². The Morgan fingerprint density at radius 3 is 2.15 bits per heavy atom. The van der Waals surface area contributed by atoms with Crippen molar-refractivity contribution in [3.05, 3.63) is 83.4 Å². The van der Waals surface area contributed by atoms with Gasteiger partial charge in [-0.05, 0) is 54.8 Å². The summed E-state index contributed by atoms with van der Waals surface area (Å²) in [4.78, 5) is 0. The van der Waals surface area contributed by atoms with E-state index >= 15 is 0 Å². The van der Waals surface area contributed by atoms with Crippen LogP contribution in [0.15, 0.2) is 66.7 Å². The monoisotopic (exact) mass is 345 g/mol. The van der Waals surface area contributed by atoms with Crippen molar-refractivity contribution in [1.82, 2.24) is 4.57 Å². The van der Waals surface area contributed by atoms with E-state index in [0.717, 1.165) is 16.9 Å². The van der Waals surface area contributed by atoms with Crippen LogP contribution < -0.4 is 4.57 Å². The maximum absolute atomic E-state index is 12.9. The molecule has 0 saturated heterocycles. The zero-order chi connectivity index (χ0) is 18.3. The van der Waals surface area contributed by atoms with Crippen LogP contribution in [0, 0.1) is 13.8 Å². The number of para-hydroxylation sites is 3. The molecule has 4 rings (SSSR count). The van der Waals surface area contributed by atoms with E-state index in [-0.39, 0.29) is 0 Å². The molecule has 0 fully saturated rings. The van der Waals surface area contributed by atoms with Gasteiger partial charge in [0, 0.05) is 0 Å².